The number of nitrogens with zero attached hydrogens (tertiary/aromatic N) is 6. The van der Waals surface area contributed by atoms with E-state index < -0.39 is 7.32 Å². The van der Waals surface area contributed by atoms with Gasteiger partial charge in [-0.3, -0.25) is 0 Å². The van der Waals surface area contributed by atoms with Crippen molar-refractivity contribution >= 4 is 55.1 Å². The van der Waals surface area contributed by atoms with E-state index in [-0.39, 0.29) is 69.1 Å². The smallest absolute Gasteiger partial charge is 0.560 e. The molecule has 9 nitrogen and oxygen atoms in total. The van der Waals surface area contributed by atoms with Crippen LogP contribution in [0.3, 0.4) is 0 Å². The Morgan fingerprint density at radius 1 is 0.625 bits per heavy atom. The number of hydrogen-bond acceptors (Lipinski definition) is 6. The molecule has 0 saturated carbocycles. The molecule has 0 fully saturated rings. The molecule has 0 aliphatic rings. The molecule has 3 rings (SSSR count). The van der Waals surface area contributed by atoms with Crippen molar-refractivity contribution in [1.29, 1.82) is 0 Å². The van der Waals surface area contributed by atoms with Crippen molar-refractivity contribution in [2.75, 3.05) is 0 Å². The van der Waals surface area contributed by atoms with Crippen molar-refractivity contribution in [2.45, 2.75) is 59.3 Å². The first-order chi connectivity index (χ1) is 14.5. The summed E-state index contributed by atoms with van der Waals surface area (Å²) in [4.78, 5) is 3.90. The summed E-state index contributed by atoms with van der Waals surface area (Å²) < 4.78 is 20.0. The molecule has 0 aliphatic heterocycles. The van der Waals surface area contributed by atoms with Crippen LogP contribution in [0.15, 0.2) is 32.0 Å². The molecule has 0 amide bonds. The summed E-state index contributed by atoms with van der Waals surface area (Å²) in [5.74, 6) is 0.641. The van der Waals surface area contributed by atoms with Gasteiger partial charge in [-0.15, -0.1) is 15.3 Å². The minimum absolute atomic E-state index is 0. The second-order valence-electron chi connectivity index (χ2n) is 7.86. The van der Waals surface area contributed by atoms with Crippen LogP contribution in [0.25, 0.3) is 0 Å². The normalized spacial score (nSPS) is 11.5. The van der Waals surface area contributed by atoms with E-state index in [2.05, 4.69) is 63.1 Å². The largest absolute Gasteiger partial charge is 1.00 e. The summed E-state index contributed by atoms with van der Waals surface area (Å²) >= 11 is 10.5. The molecule has 0 saturated heterocycles. The molecular weight excluding hydrogens is 638 g/mol. The zero-order valence-corrected chi connectivity index (χ0v) is 27.0. The van der Waals surface area contributed by atoms with Gasteiger partial charge in [-0.2, -0.15) is 14.5 Å². The van der Waals surface area contributed by atoms with Gasteiger partial charge >= 0.3 is 58.7 Å². The molecule has 32 heavy (non-hydrogen) atoms. The molecule has 3 aromatic heterocycles. The van der Waals surface area contributed by atoms with Crippen LogP contribution in [0.2, 0.25) is 0 Å². The van der Waals surface area contributed by atoms with Crippen LogP contribution in [0.5, 0.6) is 0 Å². The van der Waals surface area contributed by atoms with E-state index in [0.717, 1.165) is 30.5 Å². The second kappa shape index (κ2) is 12.2. The molecule has 0 atom stereocenters. The summed E-state index contributed by atoms with van der Waals surface area (Å²) in [5, 5.41) is 13.3. The maximum atomic E-state index is 5.83. The van der Waals surface area contributed by atoms with E-state index in [1.807, 2.05) is 41.5 Å². The van der Waals surface area contributed by atoms with Gasteiger partial charge in [0.1, 0.15) is 0 Å². The third kappa shape index (κ3) is 7.09. The van der Waals surface area contributed by atoms with Crippen LogP contribution in [0.1, 0.15) is 76.4 Å². The fraction of sp³-hybridized carbons (Fsp3) is 0.500. The monoisotopic (exact) mass is 659 g/mol. The minimum atomic E-state index is -1.23. The van der Waals surface area contributed by atoms with E-state index in [4.69, 9.17) is 14.3 Å². The van der Waals surface area contributed by atoms with Gasteiger partial charge in [0.15, 0.2) is 0 Å². The van der Waals surface area contributed by atoms with Gasteiger partial charge in [-0.05, 0) is 65.5 Å². The molecule has 0 N–H and O–H groups in total. The quantitative estimate of drug-likeness (QED) is 0.325. The average molecular weight is 662 g/mol. The first-order valence-corrected chi connectivity index (χ1v) is 12.2. The maximum Gasteiger partial charge on any atom is 1.00 e. The standard InChI is InChI=1S/C18H24BBr3N6O3.K/c1-10(2)16-13(20)7-26(23-16)29-19(30-27-8-14(21)17(24-27)11(3)4)31-28-9-15(22)18(25-28)12(5)6;/h7-12H,1-6H3;/q-1;+1. The van der Waals surface area contributed by atoms with Crippen LogP contribution in [-0.2, 0) is 0 Å². The van der Waals surface area contributed by atoms with Gasteiger partial charge in [-0.1, -0.05) is 41.5 Å². The Kier molecular flexibility index (Phi) is 10.9. The number of hydrogen-bond donors (Lipinski definition) is 0. The summed E-state index contributed by atoms with van der Waals surface area (Å²) in [7, 11) is -1.23. The third-order valence-corrected chi connectivity index (χ3v) is 6.08. The van der Waals surface area contributed by atoms with Gasteiger partial charge in [0, 0.05) is 0 Å². The Morgan fingerprint density at radius 2 is 0.875 bits per heavy atom. The molecule has 1 radical (unpaired) electrons. The predicted molar refractivity (Wildman–Crippen MR) is 128 cm³/mol. The van der Waals surface area contributed by atoms with E-state index >= 15 is 0 Å². The van der Waals surface area contributed by atoms with Crippen molar-refractivity contribution < 1.29 is 65.6 Å². The molecule has 14 heteroatoms. The molecule has 0 spiro atoms. The first kappa shape index (κ1) is 28.4. The van der Waals surface area contributed by atoms with Crippen molar-refractivity contribution in [3.05, 3.63) is 49.1 Å². The van der Waals surface area contributed by atoms with Crippen LogP contribution >= 0.6 is 47.8 Å². The van der Waals surface area contributed by atoms with E-state index in [9.17, 15) is 0 Å². The van der Waals surface area contributed by atoms with Gasteiger partial charge in [0.25, 0.3) is 0 Å². The SMILES string of the molecule is CC(C)c1nn(O[B-](On2cc(Br)c(C(C)C)n2)On2cc(Br)c(C(C)C)n2)cc1Br.[K+]. The van der Waals surface area contributed by atoms with Crippen LogP contribution in [-0.4, -0.2) is 37.2 Å². The Balaban J connectivity index is 0.00000363. The maximum absolute atomic E-state index is 5.83. The van der Waals surface area contributed by atoms with Crippen molar-refractivity contribution in [3.63, 3.8) is 0 Å². The van der Waals surface area contributed by atoms with Gasteiger partial charge < -0.3 is 14.3 Å². The topological polar surface area (TPSA) is 81.1 Å². The molecule has 0 aromatic carbocycles. The molecule has 0 aliphatic carbocycles. The number of aromatic nitrogens is 6. The Hall–Kier alpha value is 0.171. The summed E-state index contributed by atoms with van der Waals surface area (Å²) in [6, 6.07) is 0. The summed E-state index contributed by atoms with van der Waals surface area (Å²) in [6.07, 6.45) is 5.10. The summed E-state index contributed by atoms with van der Waals surface area (Å²) in [5.41, 5.74) is 2.56. The molecule has 0 bridgehead atoms. The second-order valence-corrected chi connectivity index (χ2v) is 10.4. The Morgan fingerprint density at radius 3 is 1.06 bits per heavy atom. The van der Waals surface area contributed by atoms with Gasteiger partial charge in [-0.25, -0.2) is 0 Å². The number of rotatable bonds is 9. The fourth-order valence-electron chi connectivity index (χ4n) is 2.70. The zero-order valence-electron chi connectivity index (χ0n) is 19.1. The van der Waals surface area contributed by atoms with Crippen LogP contribution in [0.4, 0.5) is 0 Å². The molecule has 3 aromatic rings. The third-order valence-electron chi connectivity index (χ3n) is 4.25. The van der Waals surface area contributed by atoms with Gasteiger partial charge in [0.2, 0.25) is 0 Å². The van der Waals surface area contributed by atoms with E-state index in [0.29, 0.717) is 0 Å². The van der Waals surface area contributed by atoms with Crippen molar-refractivity contribution in [1.82, 2.24) is 29.8 Å². The average Bonchev–Trinajstić information content (AvgIpc) is 3.32. The molecule has 0 unspecified atom stereocenters. The predicted octanol–water partition coefficient (Wildman–Crippen LogP) is 1.61. The number of halogens is 3. The van der Waals surface area contributed by atoms with Crippen LogP contribution in [0, 0.1) is 0 Å². The first-order valence-electron chi connectivity index (χ1n) is 9.81. The Labute approximate surface area is 255 Å². The van der Waals surface area contributed by atoms with E-state index in [1.165, 1.54) is 14.5 Å². The minimum Gasteiger partial charge on any atom is -0.560 e. The molecule has 3 heterocycles. The van der Waals surface area contributed by atoms with Crippen molar-refractivity contribution in [3.8, 4) is 0 Å². The molecular formula is C18H24BBr3KN6O3. The Bertz CT molecular complexity index is 911. The van der Waals surface area contributed by atoms with Gasteiger partial charge in [0.05, 0.1) is 49.1 Å². The zero-order chi connectivity index (χ0) is 22.9. The van der Waals surface area contributed by atoms with Crippen LogP contribution < -0.4 is 65.6 Å². The molecule has 169 valence electrons. The van der Waals surface area contributed by atoms with E-state index in [1.54, 1.807) is 18.6 Å². The van der Waals surface area contributed by atoms with Crippen molar-refractivity contribution in [2.24, 2.45) is 0 Å². The summed E-state index contributed by atoms with van der Waals surface area (Å²) in [6.45, 7) is 12.3. The fourth-order valence-corrected chi connectivity index (χ4v) is 4.83.